The third-order valence-electron chi connectivity index (χ3n) is 5.51. The number of piperidine rings is 1. The van der Waals surface area contributed by atoms with Crippen molar-refractivity contribution in [3.63, 3.8) is 0 Å². The Hall–Kier alpha value is -2.24. The van der Waals surface area contributed by atoms with Crippen LogP contribution in [0.1, 0.15) is 33.6 Å². The van der Waals surface area contributed by atoms with Crippen LogP contribution in [0.15, 0.2) is 54.4 Å². The minimum Gasteiger partial charge on any atom is -0.344 e. The van der Waals surface area contributed by atoms with E-state index in [9.17, 15) is 0 Å². The predicted octanol–water partition coefficient (Wildman–Crippen LogP) is 6.04. The number of nitrogens with zero attached hydrogens (tertiary/aromatic N) is 3. The average molecular weight is 407 g/mol. The van der Waals surface area contributed by atoms with Crippen LogP contribution in [0.5, 0.6) is 0 Å². The molecule has 0 amide bonds. The summed E-state index contributed by atoms with van der Waals surface area (Å²) in [5.41, 5.74) is 4.51. The molecule has 1 aromatic carbocycles. The Morgan fingerprint density at radius 3 is 2.66 bits per heavy atom. The van der Waals surface area contributed by atoms with Crippen molar-refractivity contribution in [3.8, 4) is 10.4 Å². The SMILES string of the molecule is C=C(Nc1cc2cc(-c3cncs3)ccc2cn1)C1CCN(CC(C)(C)C)CC1. The second-order valence-electron chi connectivity index (χ2n) is 9.26. The fourth-order valence-electron chi connectivity index (χ4n) is 4.10. The summed E-state index contributed by atoms with van der Waals surface area (Å²) in [5, 5.41) is 5.81. The Bertz CT molecular complexity index is 980. The van der Waals surface area contributed by atoms with Gasteiger partial charge in [0.05, 0.1) is 10.4 Å². The summed E-state index contributed by atoms with van der Waals surface area (Å²) in [5.74, 6) is 1.38. The van der Waals surface area contributed by atoms with Crippen molar-refractivity contribution < 1.29 is 0 Å². The third kappa shape index (κ3) is 5.03. The fourth-order valence-corrected chi connectivity index (χ4v) is 4.72. The summed E-state index contributed by atoms with van der Waals surface area (Å²) < 4.78 is 0. The van der Waals surface area contributed by atoms with Crippen LogP contribution in [0.25, 0.3) is 21.2 Å². The van der Waals surface area contributed by atoms with Gasteiger partial charge in [0.15, 0.2) is 0 Å². The van der Waals surface area contributed by atoms with Crippen molar-refractivity contribution in [3.05, 3.63) is 54.4 Å². The lowest BCUT2D eigenvalue weighted by Crippen LogP contribution is -2.39. The molecule has 0 atom stereocenters. The number of allylic oxidation sites excluding steroid dienone is 1. The quantitative estimate of drug-likeness (QED) is 0.561. The molecule has 0 aliphatic carbocycles. The maximum Gasteiger partial charge on any atom is 0.130 e. The molecule has 1 saturated heterocycles. The normalized spacial score (nSPS) is 16.2. The fraction of sp³-hybridized carbons (Fsp3) is 0.417. The molecule has 29 heavy (non-hydrogen) atoms. The first-order chi connectivity index (χ1) is 13.9. The first kappa shape index (κ1) is 20.0. The van der Waals surface area contributed by atoms with Gasteiger partial charge in [-0.15, -0.1) is 11.3 Å². The van der Waals surface area contributed by atoms with Gasteiger partial charge in [0.25, 0.3) is 0 Å². The average Bonchev–Trinajstić information content (AvgIpc) is 3.21. The lowest BCUT2D eigenvalue weighted by molar-refractivity contribution is 0.146. The Morgan fingerprint density at radius 2 is 1.97 bits per heavy atom. The highest BCUT2D eigenvalue weighted by atomic mass is 32.1. The zero-order valence-corrected chi connectivity index (χ0v) is 18.4. The first-order valence-corrected chi connectivity index (χ1v) is 11.2. The van der Waals surface area contributed by atoms with Gasteiger partial charge in [-0.2, -0.15) is 0 Å². The first-order valence-electron chi connectivity index (χ1n) is 10.3. The molecule has 1 aliphatic heterocycles. The molecule has 2 aromatic heterocycles. The van der Waals surface area contributed by atoms with E-state index in [0.29, 0.717) is 11.3 Å². The molecule has 0 radical (unpaired) electrons. The number of aromatic nitrogens is 2. The molecular formula is C24H30N4S. The van der Waals surface area contributed by atoms with Crippen LogP contribution in [0.4, 0.5) is 5.82 Å². The predicted molar refractivity (Wildman–Crippen MR) is 124 cm³/mol. The van der Waals surface area contributed by atoms with E-state index in [-0.39, 0.29) is 0 Å². The number of hydrogen-bond acceptors (Lipinski definition) is 5. The molecule has 1 fully saturated rings. The minimum absolute atomic E-state index is 0.356. The summed E-state index contributed by atoms with van der Waals surface area (Å²) in [7, 11) is 0. The Labute approximate surface area is 177 Å². The van der Waals surface area contributed by atoms with Gasteiger partial charge in [0.1, 0.15) is 5.82 Å². The summed E-state index contributed by atoms with van der Waals surface area (Å²) in [4.78, 5) is 12.6. The Balaban J connectivity index is 1.42. The van der Waals surface area contributed by atoms with Crippen LogP contribution in [0.2, 0.25) is 0 Å². The third-order valence-corrected chi connectivity index (χ3v) is 6.33. The second-order valence-corrected chi connectivity index (χ2v) is 10.1. The van der Waals surface area contributed by atoms with Gasteiger partial charge in [0.2, 0.25) is 0 Å². The van der Waals surface area contributed by atoms with Gasteiger partial charge in [0, 0.05) is 35.9 Å². The number of thiazole rings is 1. The highest BCUT2D eigenvalue weighted by Crippen LogP contribution is 2.30. The Kier molecular flexibility index (Phi) is 5.70. The van der Waals surface area contributed by atoms with Crippen molar-refractivity contribution >= 4 is 27.9 Å². The zero-order chi connectivity index (χ0) is 20.4. The molecule has 3 aromatic rings. The standard InChI is InChI=1S/C24H30N4S/c1-17(18-7-9-28(10-8-18)15-24(2,3)4)27-23-12-21-11-19(22-14-25-16-29-22)5-6-20(21)13-26-23/h5-6,11-14,16,18H,1,7-10,15H2,2-4H3,(H,26,27). The van der Waals surface area contributed by atoms with E-state index in [2.05, 4.69) is 71.8 Å². The van der Waals surface area contributed by atoms with E-state index in [1.165, 1.54) is 15.8 Å². The number of hydrogen-bond donors (Lipinski definition) is 1. The number of benzene rings is 1. The van der Waals surface area contributed by atoms with Gasteiger partial charge < -0.3 is 10.2 Å². The van der Waals surface area contributed by atoms with Gasteiger partial charge in [-0.25, -0.2) is 4.98 Å². The molecule has 3 heterocycles. The summed E-state index contributed by atoms with van der Waals surface area (Å²) in [6.45, 7) is 14.7. The lowest BCUT2D eigenvalue weighted by atomic mass is 9.90. The van der Waals surface area contributed by atoms with Crippen LogP contribution in [-0.2, 0) is 0 Å². The molecule has 4 nitrogen and oxygen atoms in total. The summed E-state index contributed by atoms with van der Waals surface area (Å²) >= 11 is 1.66. The van der Waals surface area contributed by atoms with E-state index >= 15 is 0 Å². The number of anilines is 1. The van der Waals surface area contributed by atoms with Crippen molar-refractivity contribution in [1.82, 2.24) is 14.9 Å². The summed E-state index contributed by atoms with van der Waals surface area (Å²) in [6, 6.07) is 8.60. The topological polar surface area (TPSA) is 41.1 Å². The highest BCUT2D eigenvalue weighted by molar-refractivity contribution is 7.13. The largest absolute Gasteiger partial charge is 0.344 e. The monoisotopic (exact) mass is 406 g/mol. The Morgan fingerprint density at radius 1 is 1.17 bits per heavy atom. The number of nitrogens with one attached hydrogen (secondary N) is 1. The number of likely N-dealkylation sites (tertiary alicyclic amines) is 1. The second kappa shape index (κ2) is 8.25. The molecule has 4 rings (SSSR count). The van der Waals surface area contributed by atoms with Crippen molar-refractivity contribution in [2.24, 2.45) is 11.3 Å². The van der Waals surface area contributed by atoms with Gasteiger partial charge in [-0.05, 0) is 54.4 Å². The number of pyridine rings is 1. The van der Waals surface area contributed by atoms with Gasteiger partial charge >= 0.3 is 0 Å². The molecular weight excluding hydrogens is 376 g/mol. The van der Waals surface area contributed by atoms with E-state index in [4.69, 9.17) is 0 Å². The van der Waals surface area contributed by atoms with Crippen LogP contribution >= 0.6 is 11.3 Å². The van der Waals surface area contributed by atoms with Crippen LogP contribution in [0, 0.1) is 11.3 Å². The lowest BCUT2D eigenvalue weighted by Gasteiger charge is -2.36. The molecule has 1 aliphatic rings. The smallest absolute Gasteiger partial charge is 0.130 e. The molecule has 0 bridgehead atoms. The molecule has 0 unspecified atom stereocenters. The van der Waals surface area contributed by atoms with E-state index in [1.807, 2.05) is 17.9 Å². The minimum atomic E-state index is 0.356. The number of fused-ring (bicyclic) bond motifs is 1. The van der Waals surface area contributed by atoms with Crippen molar-refractivity contribution in [1.29, 1.82) is 0 Å². The molecule has 5 heteroatoms. The summed E-state index contributed by atoms with van der Waals surface area (Å²) in [6.07, 6.45) is 6.17. The molecule has 1 N–H and O–H groups in total. The number of rotatable bonds is 5. The van der Waals surface area contributed by atoms with E-state index < -0.39 is 0 Å². The molecule has 0 spiro atoms. The maximum atomic E-state index is 4.61. The van der Waals surface area contributed by atoms with E-state index in [1.54, 1.807) is 11.3 Å². The van der Waals surface area contributed by atoms with Crippen LogP contribution < -0.4 is 5.32 Å². The maximum absolute atomic E-state index is 4.61. The molecule has 0 saturated carbocycles. The zero-order valence-electron chi connectivity index (χ0n) is 17.6. The van der Waals surface area contributed by atoms with Crippen LogP contribution in [-0.4, -0.2) is 34.5 Å². The molecule has 152 valence electrons. The van der Waals surface area contributed by atoms with Crippen molar-refractivity contribution in [2.75, 3.05) is 25.0 Å². The van der Waals surface area contributed by atoms with Crippen LogP contribution in [0.3, 0.4) is 0 Å². The van der Waals surface area contributed by atoms with Gasteiger partial charge in [-0.1, -0.05) is 39.5 Å². The van der Waals surface area contributed by atoms with E-state index in [0.717, 1.165) is 49.4 Å². The van der Waals surface area contributed by atoms with Crippen molar-refractivity contribution in [2.45, 2.75) is 33.6 Å². The highest BCUT2D eigenvalue weighted by Gasteiger charge is 2.24. The van der Waals surface area contributed by atoms with Gasteiger partial charge in [-0.3, -0.25) is 4.98 Å².